The molecule has 0 spiro atoms. The summed E-state index contributed by atoms with van der Waals surface area (Å²) in [6.45, 7) is 3.55. The molecule has 0 saturated heterocycles. The normalized spacial score (nSPS) is 11.7. The molecule has 0 N–H and O–H groups in total. The fourth-order valence-electron chi connectivity index (χ4n) is 4.61. The van der Waals surface area contributed by atoms with Crippen molar-refractivity contribution in [3.8, 4) is 0 Å². The Kier molecular flexibility index (Phi) is 15.2. The van der Waals surface area contributed by atoms with Crippen LogP contribution in [0.3, 0.4) is 0 Å². The minimum Gasteiger partial charge on any atom is -0.467 e. The lowest BCUT2D eigenvalue weighted by Gasteiger charge is -2.30. The second-order valence-electron chi connectivity index (χ2n) is 9.80. The Bertz CT molecular complexity index is 1860. The van der Waals surface area contributed by atoms with Gasteiger partial charge in [-0.25, -0.2) is 19.6 Å². The van der Waals surface area contributed by atoms with Gasteiger partial charge in [0.25, 0.3) is 0 Å². The number of carbonyl (C=O) groups is 2. The van der Waals surface area contributed by atoms with E-state index in [4.69, 9.17) is 32.7 Å². The third-order valence-corrected chi connectivity index (χ3v) is 8.58. The average molecular weight is 953 g/mol. The number of halogens is 4. The van der Waals surface area contributed by atoms with Gasteiger partial charge in [0.15, 0.2) is 0 Å². The van der Waals surface area contributed by atoms with Gasteiger partial charge in [0.05, 0.1) is 24.1 Å². The molecule has 0 saturated carbocycles. The van der Waals surface area contributed by atoms with Crippen LogP contribution >= 0.6 is 68.4 Å². The summed E-state index contributed by atoms with van der Waals surface area (Å²) in [5.74, 6) is -1.21. The molecule has 2 unspecified atom stereocenters. The van der Waals surface area contributed by atoms with E-state index in [1.807, 2.05) is 18.2 Å². The first-order chi connectivity index (χ1) is 23.8. The maximum atomic E-state index is 12.3. The van der Waals surface area contributed by atoms with Gasteiger partial charge < -0.3 is 19.3 Å². The summed E-state index contributed by atoms with van der Waals surface area (Å²) in [6, 6.07) is 12.7. The predicted octanol–water partition coefficient (Wildman–Crippen LogP) is 7.47. The van der Waals surface area contributed by atoms with Crippen LogP contribution in [0.5, 0.6) is 0 Å². The minimum absolute atomic E-state index is 0.0655. The van der Waals surface area contributed by atoms with E-state index in [-0.39, 0.29) is 33.6 Å². The first kappa shape index (κ1) is 40.4. The second-order valence-corrected chi connectivity index (χ2v) is 13.0. The Morgan fingerprint density at radius 1 is 0.760 bits per heavy atom. The number of aromatic nitrogens is 4. The van der Waals surface area contributed by atoms with Gasteiger partial charge >= 0.3 is 23.3 Å². The molecule has 2 aromatic carbocycles. The van der Waals surface area contributed by atoms with E-state index in [1.54, 1.807) is 44.2 Å². The molecule has 50 heavy (non-hydrogen) atoms. The summed E-state index contributed by atoms with van der Waals surface area (Å²) in [7, 11) is 2.53. The van der Waals surface area contributed by atoms with Crippen molar-refractivity contribution in [2.24, 2.45) is 0 Å². The number of nitro groups is 2. The summed E-state index contributed by atoms with van der Waals surface area (Å²) in [4.78, 5) is 64.4. The Morgan fingerprint density at radius 3 is 1.58 bits per heavy atom. The SMILES string of the molecule is CCC(C(=O)OC)N(c1ccc(I)cc1)c1nc(Cl)ncc1[N+](=O)[O-].CCC(C(=O)OC)N(c1cccc(I)c1)c1nc(Cl)ncc1[N+](=O)[O-]. The number of ether oxygens (including phenoxy) is 2. The lowest BCUT2D eigenvalue weighted by atomic mass is 10.1. The second kappa shape index (κ2) is 18.8. The molecule has 2 heterocycles. The Balaban J connectivity index is 0.000000270. The summed E-state index contributed by atoms with van der Waals surface area (Å²) >= 11 is 16.0. The first-order valence-corrected chi connectivity index (χ1v) is 17.3. The van der Waals surface area contributed by atoms with Gasteiger partial charge in [0, 0.05) is 18.5 Å². The van der Waals surface area contributed by atoms with E-state index in [1.165, 1.54) is 24.0 Å². The van der Waals surface area contributed by atoms with Crippen LogP contribution in [-0.4, -0.2) is 68.0 Å². The molecule has 0 fully saturated rings. The molecule has 264 valence electrons. The number of nitrogens with zero attached hydrogens (tertiary/aromatic N) is 8. The predicted molar refractivity (Wildman–Crippen MR) is 202 cm³/mol. The standard InChI is InChI=1S/2C15H14ClIN4O4/c1-3-11(14(22)25-2)20(10-6-4-9(17)5-7-10)13-12(21(23)24)8-18-15(16)19-13;1-3-11(14(22)25-2)20(10-6-4-5-9(17)7-10)13-12(21(23)24)8-18-15(16)19-13/h2*4-8,11H,3H2,1-2H3. The third-order valence-electron chi connectivity index (χ3n) is 6.83. The highest BCUT2D eigenvalue weighted by Crippen LogP contribution is 2.37. The molecule has 2 atom stereocenters. The highest BCUT2D eigenvalue weighted by atomic mass is 127. The lowest BCUT2D eigenvalue weighted by Crippen LogP contribution is -2.39. The molecule has 0 amide bonds. The van der Waals surface area contributed by atoms with Crippen molar-refractivity contribution in [3.63, 3.8) is 0 Å². The van der Waals surface area contributed by atoms with Crippen LogP contribution in [0.15, 0.2) is 60.9 Å². The lowest BCUT2D eigenvalue weighted by molar-refractivity contribution is -0.384. The van der Waals surface area contributed by atoms with Crippen molar-refractivity contribution >= 4 is 115 Å². The van der Waals surface area contributed by atoms with Crippen LogP contribution in [0.25, 0.3) is 0 Å². The molecule has 0 bridgehead atoms. The Hall–Kier alpha value is -4.02. The van der Waals surface area contributed by atoms with Gasteiger partial charge in [-0.15, -0.1) is 0 Å². The van der Waals surface area contributed by atoms with E-state index in [0.29, 0.717) is 24.2 Å². The topological polar surface area (TPSA) is 197 Å². The Morgan fingerprint density at radius 2 is 1.20 bits per heavy atom. The van der Waals surface area contributed by atoms with Crippen LogP contribution in [0, 0.1) is 27.4 Å². The van der Waals surface area contributed by atoms with Crippen molar-refractivity contribution in [2.75, 3.05) is 24.0 Å². The maximum absolute atomic E-state index is 12.3. The largest absolute Gasteiger partial charge is 0.467 e. The molecule has 4 rings (SSSR count). The van der Waals surface area contributed by atoms with Gasteiger partial charge in [-0.3, -0.25) is 20.2 Å². The summed E-state index contributed by atoms with van der Waals surface area (Å²) in [5.41, 5.74) is 0.397. The van der Waals surface area contributed by atoms with Crippen LogP contribution in [0.1, 0.15) is 26.7 Å². The third kappa shape index (κ3) is 10.0. The number of anilines is 4. The van der Waals surface area contributed by atoms with Gasteiger partial charge in [-0.2, -0.15) is 9.97 Å². The zero-order valence-corrected chi connectivity index (χ0v) is 32.5. The zero-order valence-electron chi connectivity index (χ0n) is 26.7. The molecule has 2 aromatic heterocycles. The molecule has 20 heteroatoms. The van der Waals surface area contributed by atoms with Gasteiger partial charge in [-0.1, -0.05) is 19.9 Å². The van der Waals surface area contributed by atoms with E-state index < -0.39 is 33.9 Å². The van der Waals surface area contributed by atoms with Crippen molar-refractivity contribution in [3.05, 3.63) is 98.9 Å². The van der Waals surface area contributed by atoms with Gasteiger partial charge in [0.2, 0.25) is 22.2 Å². The molecule has 4 aromatic rings. The summed E-state index contributed by atoms with van der Waals surface area (Å²) < 4.78 is 11.6. The van der Waals surface area contributed by atoms with Crippen LogP contribution < -0.4 is 9.80 Å². The van der Waals surface area contributed by atoms with Gasteiger partial charge in [-0.05, 0) is 124 Å². The van der Waals surface area contributed by atoms with E-state index in [2.05, 4.69) is 65.1 Å². The van der Waals surface area contributed by atoms with E-state index >= 15 is 0 Å². The summed E-state index contributed by atoms with van der Waals surface area (Å²) in [5, 5.41) is 22.5. The van der Waals surface area contributed by atoms with Crippen molar-refractivity contribution in [2.45, 2.75) is 38.8 Å². The Labute approximate surface area is 323 Å². The average Bonchev–Trinajstić information content (AvgIpc) is 3.09. The monoisotopic (exact) mass is 952 g/mol. The number of esters is 2. The number of rotatable bonds is 12. The summed E-state index contributed by atoms with van der Waals surface area (Å²) in [6.07, 6.45) is 2.73. The van der Waals surface area contributed by atoms with Crippen molar-refractivity contribution < 1.29 is 28.9 Å². The number of carbonyl (C=O) groups excluding carboxylic acids is 2. The molecular formula is C30H28Cl2I2N8O8. The molecule has 0 aliphatic rings. The van der Waals surface area contributed by atoms with Crippen LogP contribution in [-0.2, 0) is 19.1 Å². The first-order valence-electron chi connectivity index (χ1n) is 14.4. The zero-order chi connectivity index (χ0) is 37.1. The molecule has 16 nitrogen and oxygen atoms in total. The quantitative estimate of drug-likeness (QED) is 0.0446. The fraction of sp³-hybridized carbons (Fsp3) is 0.267. The molecule has 0 radical (unpaired) electrons. The van der Waals surface area contributed by atoms with E-state index in [0.717, 1.165) is 19.5 Å². The van der Waals surface area contributed by atoms with E-state index in [9.17, 15) is 29.8 Å². The highest BCUT2D eigenvalue weighted by molar-refractivity contribution is 14.1. The number of benzene rings is 2. The highest BCUT2D eigenvalue weighted by Gasteiger charge is 2.35. The van der Waals surface area contributed by atoms with Gasteiger partial charge in [0.1, 0.15) is 24.5 Å². The number of hydrogen-bond donors (Lipinski definition) is 0. The fourth-order valence-corrected chi connectivity index (χ4v) is 5.76. The molecule has 0 aliphatic carbocycles. The number of methoxy groups -OCH3 is 2. The minimum atomic E-state index is -0.812. The number of hydrogen-bond acceptors (Lipinski definition) is 14. The van der Waals surface area contributed by atoms with Crippen molar-refractivity contribution in [1.29, 1.82) is 0 Å². The van der Waals surface area contributed by atoms with Crippen LogP contribution in [0.2, 0.25) is 10.6 Å². The molecule has 0 aliphatic heterocycles. The molecular weight excluding hydrogens is 925 g/mol. The maximum Gasteiger partial charge on any atom is 0.330 e. The van der Waals surface area contributed by atoms with Crippen molar-refractivity contribution in [1.82, 2.24) is 19.9 Å². The smallest absolute Gasteiger partial charge is 0.330 e. The van der Waals surface area contributed by atoms with Crippen LogP contribution in [0.4, 0.5) is 34.4 Å².